The van der Waals surface area contributed by atoms with Gasteiger partial charge in [-0.2, -0.15) is 0 Å². The van der Waals surface area contributed by atoms with Gasteiger partial charge >= 0.3 is 0 Å². The fraction of sp³-hybridized carbons (Fsp3) is 0.600. The Labute approximate surface area is 79.1 Å². The second kappa shape index (κ2) is 3.99. The molecule has 2 heteroatoms. The molecule has 0 heterocycles. The fourth-order valence-electron chi connectivity index (χ4n) is 1.15. The number of ether oxygens (including phenoxy) is 1. The zero-order chi connectivity index (χ0) is 9.14. The molecule has 1 aliphatic rings. The molecule has 0 aromatic heterocycles. The summed E-state index contributed by atoms with van der Waals surface area (Å²) < 4.78 is 5.53. The zero-order valence-electron chi connectivity index (χ0n) is 7.80. The Morgan fingerprint density at radius 3 is 2.83 bits per heavy atom. The van der Waals surface area contributed by atoms with Gasteiger partial charge in [0.15, 0.2) is 0 Å². The second-order valence-electron chi connectivity index (χ2n) is 3.46. The first-order valence-corrected chi connectivity index (χ1v) is 4.72. The summed E-state index contributed by atoms with van der Waals surface area (Å²) in [5, 5.41) is 0.752. The average molecular weight is 187 g/mol. The first-order valence-electron chi connectivity index (χ1n) is 4.34. The molecule has 12 heavy (non-hydrogen) atoms. The Balaban J connectivity index is 2.66. The largest absolute Gasteiger partial charge is 0.490 e. The number of hydrogen-bond acceptors (Lipinski definition) is 1. The van der Waals surface area contributed by atoms with Crippen molar-refractivity contribution in [3.8, 4) is 0 Å². The SMILES string of the molecule is CC1C=C(OC(C)C)C(Cl)=CC1. The summed E-state index contributed by atoms with van der Waals surface area (Å²) in [7, 11) is 0. The van der Waals surface area contributed by atoms with Crippen LogP contribution in [0.25, 0.3) is 0 Å². The third-order valence-electron chi connectivity index (χ3n) is 1.70. The standard InChI is InChI=1S/C10H15ClO/c1-7(2)12-10-6-8(3)4-5-9(10)11/h5-8H,4H2,1-3H3. The van der Waals surface area contributed by atoms with Crippen molar-refractivity contribution in [1.82, 2.24) is 0 Å². The van der Waals surface area contributed by atoms with Crippen LogP contribution in [0, 0.1) is 5.92 Å². The monoisotopic (exact) mass is 186 g/mol. The maximum absolute atomic E-state index is 5.96. The maximum Gasteiger partial charge on any atom is 0.134 e. The Hall–Kier alpha value is -0.430. The molecule has 1 rings (SSSR count). The molecule has 0 aromatic rings. The number of rotatable bonds is 2. The van der Waals surface area contributed by atoms with Gasteiger partial charge in [0.2, 0.25) is 0 Å². The molecule has 0 radical (unpaired) electrons. The lowest BCUT2D eigenvalue weighted by Crippen LogP contribution is -2.07. The van der Waals surface area contributed by atoms with Gasteiger partial charge in [-0.25, -0.2) is 0 Å². The minimum atomic E-state index is 0.198. The highest BCUT2D eigenvalue weighted by Crippen LogP contribution is 2.26. The molecule has 0 bridgehead atoms. The van der Waals surface area contributed by atoms with Crippen LogP contribution in [-0.2, 0) is 4.74 Å². The van der Waals surface area contributed by atoms with Gasteiger partial charge in [-0.3, -0.25) is 0 Å². The number of halogens is 1. The average Bonchev–Trinajstić information content (AvgIpc) is 1.96. The van der Waals surface area contributed by atoms with E-state index in [1.807, 2.05) is 19.9 Å². The van der Waals surface area contributed by atoms with Crippen molar-refractivity contribution < 1.29 is 4.74 Å². The molecule has 0 saturated heterocycles. The molecule has 1 aliphatic carbocycles. The minimum Gasteiger partial charge on any atom is -0.490 e. The highest BCUT2D eigenvalue weighted by molar-refractivity contribution is 6.31. The Bertz CT molecular complexity index is 216. The van der Waals surface area contributed by atoms with Gasteiger partial charge in [0.1, 0.15) is 5.76 Å². The zero-order valence-corrected chi connectivity index (χ0v) is 8.56. The van der Waals surface area contributed by atoms with Crippen LogP contribution in [0.3, 0.4) is 0 Å². The summed E-state index contributed by atoms with van der Waals surface area (Å²) in [4.78, 5) is 0. The molecule has 0 spiro atoms. The molecule has 1 unspecified atom stereocenters. The highest BCUT2D eigenvalue weighted by Gasteiger charge is 2.12. The smallest absolute Gasteiger partial charge is 0.134 e. The predicted molar refractivity (Wildman–Crippen MR) is 52.0 cm³/mol. The summed E-state index contributed by atoms with van der Waals surface area (Å²) in [6.45, 7) is 6.16. The van der Waals surface area contributed by atoms with Crippen LogP contribution in [0.5, 0.6) is 0 Å². The van der Waals surface area contributed by atoms with Crippen molar-refractivity contribution in [3.63, 3.8) is 0 Å². The first-order chi connectivity index (χ1) is 5.59. The van der Waals surface area contributed by atoms with Crippen molar-refractivity contribution in [2.24, 2.45) is 5.92 Å². The van der Waals surface area contributed by atoms with Crippen LogP contribution in [-0.4, -0.2) is 6.10 Å². The second-order valence-corrected chi connectivity index (χ2v) is 3.87. The molecule has 0 N–H and O–H groups in total. The molecule has 0 aliphatic heterocycles. The summed E-state index contributed by atoms with van der Waals surface area (Å²) in [5.41, 5.74) is 0. The van der Waals surface area contributed by atoms with E-state index in [9.17, 15) is 0 Å². The molecular weight excluding hydrogens is 172 g/mol. The van der Waals surface area contributed by atoms with Crippen molar-refractivity contribution in [2.45, 2.75) is 33.3 Å². The molecule has 0 fully saturated rings. The van der Waals surface area contributed by atoms with Crippen molar-refractivity contribution in [2.75, 3.05) is 0 Å². The summed E-state index contributed by atoms with van der Waals surface area (Å²) in [6.07, 6.45) is 5.32. The first kappa shape index (κ1) is 9.66. The molecular formula is C10H15ClO. The lowest BCUT2D eigenvalue weighted by Gasteiger charge is -2.18. The molecule has 0 aromatic carbocycles. The number of hydrogen-bond donors (Lipinski definition) is 0. The lowest BCUT2D eigenvalue weighted by atomic mass is 10.0. The van der Waals surface area contributed by atoms with Gasteiger partial charge in [0.05, 0.1) is 11.1 Å². The number of allylic oxidation sites excluding steroid dienone is 3. The van der Waals surface area contributed by atoms with E-state index in [-0.39, 0.29) is 6.10 Å². The highest BCUT2D eigenvalue weighted by atomic mass is 35.5. The van der Waals surface area contributed by atoms with E-state index >= 15 is 0 Å². The van der Waals surface area contributed by atoms with Crippen LogP contribution < -0.4 is 0 Å². The van der Waals surface area contributed by atoms with Crippen molar-refractivity contribution in [1.29, 1.82) is 0 Å². The molecule has 1 nitrogen and oxygen atoms in total. The van der Waals surface area contributed by atoms with E-state index < -0.39 is 0 Å². The van der Waals surface area contributed by atoms with Gasteiger partial charge in [-0.15, -0.1) is 0 Å². The van der Waals surface area contributed by atoms with Crippen LogP contribution in [0.2, 0.25) is 0 Å². The van der Waals surface area contributed by atoms with Gasteiger partial charge < -0.3 is 4.74 Å². The van der Waals surface area contributed by atoms with Gasteiger partial charge in [-0.1, -0.05) is 24.6 Å². The Kier molecular flexibility index (Phi) is 3.21. The summed E-state index contributed by atoms with van der Waals surface area (Å²) in [5.74, 6) is 1.38. The third kappa shape index (κ3) is 2.56. The quantitative estimate of drug-likeness (QED) is 0.642. The van der Waals surface area contributed by atoms with E-state index in [0.717, 1.165) is 17.2 Å². The van der Waals surface area contributed by atoms with Crippen LogP contribution in [0.4, 0.5) is 0 Å². The third-order valence-corrected chi connectivity index (χ3v) is 2.04. The van der Waals surface area contributed by atoms with E-state index in [4.69, 9.17) is 16.3 Å². The summed E-state index contributed by atoms with van der Waals surface area (Å²) >= 11 is 5.96. The molecule has 0 amide bonds. The van der Waals surface area contributed by atoms with E-state index in [2.05, 4.69) is 13.0 Å². The maximum atomic E-state index is 5.96. The topological polar surface area (TPSA) is 9.23 Å². The van der Waals surface area contributed by atoms with Gasteiger partial charge in [0.25, 0.3) is 0 Å². The van der Waals surface area contributed by atoms with Crippen LogP contribution in [0.15, 0.2) is 22.9 Å². The molecule has 0 saturated carbocycles. The van der Waals surface area contributed by atoms with Crippen molar-refractivity contribution >= 4 is 11.6 Å². The van der Waals surface area contributed by atoms with E-state index in [0.29, 0.717) is 5.92 Å². The normalized spacial score (nSPS) is 23.6. The molecule has 1 atom stereocenters. The summed E-state index contributed by atoms with van der Waals surface area (Å²) in [6, 6.07) is 0. The van der Waals surface area contributed by atoms with Gasteiger partial charge in [-0.05, 0) is 32.3 Å². The van der Waals surface area contributed by atoms with Crippen LogP contribution in [0.1, 0.15) is 27.2 Å². The lowest BCUT2D eigenvalue weighted by molar-refractivity contribution is 0.153. The molecule has 68 valence electrons. The fourth-order valence-corrected chi connectivity index (χ4v) is 1.34. The van der Waals surface area contributed by atoms with Crippen LogP contribution >= 0.6 is 11.6 Å². The van der Waals surface area contributed by atoms with Crippen molar-refractivity contribution in [3.05, 3.63) is 22.9 Å². The minimum absolute atomic E-state index is 0.198. The predicted octanol–water partition coefficient (Wildman–Crippen LogP) is 3.46. The van der Waals surface area contributed by atoms with Gasteiger partial charge in [0, 0.05) is 0 Å². The Morgan fingerprint density at radius 1 is 1.58 bits per heavy atom. The van der Waals surface area contributed by atoms with E-state index in [1.54, 1.807) is 0 Å². The van der Waals surface area contributed by atoms with E-state index in [1.165, 1.54) is 0 Å². The Morgan fingerprint density at radius 2 is 2.25 bits per heavy atom.